The summed E-state index contributed by atoms with van der Waals surface area (Å²) in [6, 6.07) is 10.9. The van der Waals surface area contributed by atoms with Gasteiger partial charge in [-0.05, 0) is 76.1 Å². The summed E-state index contributed by atoms with van der Waals surface area (Å²) in [5.41, 5.74) is 1.64. The molecule has 1 unspecified atom stereocenters. The maximum atomic E-state index is 15.0. The van der Waals surface area contributed by atoms with Gasteiger partial charge in [0, 0.05) is 80.4 Å². The number of rotatable bonds is 12. The van der Waals surface area contributed by atoms with Gasteiger partial charge < -0.3 is 19.7 Å². The number of halogens is 3. The summed E-state index contributed by atoms with van der Waals surface area (Å²) in [6.07, 6.45) is 5.25. The lowest BCUT2D eigenvalue weighted by molar-refractivity contribution is -0.262. The van der Waals surface area contributed by atoms with Crippen LogP contribution in [0.5, 0.6) is 0 Å². The average molecular weight is 745 g/mol. The molecule has 0 spiro atoms. The Labute approximate surface area is 308 Å². The number of benzene rings is 2. The molecule has 13 heteroatoms. The molecular weight excluding hydrogens is 696 g/mol. The van der Waals surface area contributed by atoms with Gasteiger partial charge in [-0.25, -0.2) is 4.39 Å². The van der Waals surface area contributed by atoms with Crippen LogP contribution in [0.15, 0.2) is 42.6 Å². The number of carbonyl (C=O) groups excluding carboxylic acids is 2. The number of alkyl halides is 1. The zero-order chi connectivity index (χ0) is 36.5. The SMILES string of the molecule is Cn1cc(C(=O)Nc2cc(Cl)c(CC(=O)C(O[C@H]3CC[C@H](C(=O)O)CC3)(N3CCCC3)N3CCN(C(C)(C)CF)CC3)cc2Cl)c2ccccc21. The first-order valence-corrected chi connectivity index (χ1v) is 18.7. The normalized spacial score (nSPS) is 22.2. The molecule has 3 aliphatic rings. The smallest absolute Gasteiger partial charge is 0.306 e. The number of piperazine rings is 1. The van der Waals surface area contributed by atoms with Gasteiger partial charge in [0.1, 0.15) is 6.67 Å². The fourth-order valence-electron chi connectivity index (χ4n) is 7.97. The van der Waals surface area contributed by atoms with Crippen LogP contribution in [0, 0.1) is 5.92 Å². The van der Waals surface area contributed by atoms with Crippen molar-refractivity contribution < 1.29 is 28.6 Å². The first-order valence-electron chi connectivity index (χ1n) is 17.9. The number of aliphatic carboxylic acids is 1. The lowest BCUT2D eigenvalue weighted by atomic mass is 9.87. The van der Waals surface area contributed by atoms with Crippen molar-refractivity contribution in [2.45, 2.75) is 76.3 Å². The topological polar surface area (TPSA) is 107 Å². The van der Waals surface area contributed by atoms with Crippen molar-refractivity contribution in [3.8, 4) is 0 Å². The molecular formula is C38H48Cl2FN5O5. The molecule has 2 aliphatic heterocycles. The Bertz CT molecular complexity index is 1760. The highest BCUT2D eigenvalue weighted by Crippen LogP contribution is 2.38. The third-order valence-corrected chi connectivity index (χ3v) is 11.7. The van der Waals surface area contributed by atoms with Crippen LogP contribution in [0.4, 0.5) is 10.1 Å². The van der Waals surface area contributed by atoms with Gasteiger partial charge in [-0.15, -0.1) is 0 Å². The quantitative estimate of drug-likeness (QED) is 0.213. The van der Waals surface area contributed by atoms with Crippen molar-refractivity contribution in [3.63, 3.8) is 0 Å². The number of amides is 1. The predicted octanol–water partition coefficient (Wildman–Crippen LogP) is 6.62. The number of nitrogens with one attached hydrogen (secondary N) is 1. The van der Waals surface area contributed by atoms with Crippen LogP contribution >= 0.6 is 23.2 Å². The Hall–Kier alpha value is -3.06. The van der Waals surface area contributed by atoms with E-state index in [0.29, 0.717) is 81.8 Å². The van der Waals surface area contributed by atoms with E-state index in [-0.39, 0.29) is 34.3 Å². The molecule has 51 heavy (non-hydrogen) atoms. The summed E-state index contributed by atoms with van der Waals surface area (Å²) in [4.78, 5) is 46.5. The molecule has 3 fully saturated rings. The van der Waals surface area contributed by atoms with Crippen molar-refractivity contribution in [1.82, 2.24) is 19.3 Å². The largest absolute Gasteiger partial charge is 0.481 e. The number of aryl methyl sites for hydroxylation is 1. The van der Waals surface area contributed by atoms with Gasteiger partial charge in [-0.3, -0.25) is 29.1 Å². The maximum absolute atomic E-state index is 15.0. The Morgan fingerprint density at radius 1 is 0.922 bits per heavy atom. The minimum absolute atomic E-state index is 0.0761. The molecule has 2 aromatic carbocycles. The van der Waals surface area contributed by atoms with Crippen molar-refractivity contribution in [1.29, 1.82) is 0 Å². The number of carboxylic acids is 1. The molecule has 1 atom stereocenters. The van der Waals surface area contributed by atoms with Crippen molar-refractivity contribution in [2.24, 2.45) is 13.0 Å². The zero-order valence-corrected chi connectivity index (χ0v) is 31.1. The second-order valence-electron chi connectivity index (χ2n) is 14.8. The molecule has 0 radical (unpaired) electrons. The fourth-order valence-corrected chi connectivity index (χ4v) is 8.43. The molecule has 276 valence electrons. The zero-order valence-electron chi connectivity index (χ0n) is 29.6. The van der Waals surface area contributed by atoms with Crippen molar-refractivity contribution >= 4 is 57.5 Å². The van der Waals surface area contributed by atoms with Crippen LogP contribution in [-0.4, -0.2) is 105 Å². The number of carboxylic acid groups (broad SMARTS) is 1. The van der Waals surface area contributed by atoms with Gasteiger partial charge >= 0.3 is 5.97 Å². The predicted molar refractivity (Wildman–Crippen MR) is 197 cm³/mol. The van der Waals surface area contributed by atoms with Crippen LogP contribution in [0.25, 0.3) is 10.9 Å². The molecule has 2 N–H and O–H groups in total. The number of ether oxygens (including phenoxy) is 1. The van der Waals surface area contributed by atoms with E-state index < -0.39 is 29.9 Å². The standard InChI is InChI=1S/C38H48Cl2FN5O5/c1-37(2,24-41)44-16-18-46(19-17-44)38(45-14-6-7-15-45,51-27-12-10-25(11-13-27)36(49)50)34(47)21-26-20-31(40)32(22-30(26)39)42-35(48)29-23-43(3)33-9-5-4-8-28(29)33/h4-5,8-9,20,22-23,25,27H,6-7,10-19,21,24H2,1-3H3,(H,42,48)(H,49,50)/t25-,27-,38?. The molecule has 3 heterocycles. The minimum atomic E-state index is -1.42. The summed E-state index contributed by atoms with van der Waals surface area (Å²) in [5.74, 6) is -3.16. The lowest BCUT2D eigenvalue weighted by Gasteiger charge is -2.53. The summed E-state index contributed by atoms with van der Waals surface area (Å²) in [7, 11) is 1.88. The molecule has 1 aliphatic carbocycles. The van der Waals surface area contributed by atoms with E-state index in [1.807, 2.05) is 49.7 Å². The molecule has 0 bridgehead atoms. The van der Waals surface area contributed by atoms with Gasteiger partial charge in [0.15, 0.2) is 5.78 Å². The number of likely N-dealkylation sites (tertiary alicyclic amines) is 1. The highest BCUT2D eigenvalue weighted by Gasteiger charge is 2.53. The second kappa shape index (κ2) is 15.5. The lowest BCUT2D eigenvalue weighted by Crippen LogP contribution is -2.71. The van der Waals surface area contributed by atoms with Crippen LogP contribution in [0.2, 0.25) is 10.0 Å². The van der Waals surface area contributed by atoms with E-state index in [2.05, 4.69) is 20.0 Å². The van der Waals surface area contributed by atoms with E-state index >= 15 is 0 Å². The minimum Gasteiger partial charge on any atom is -0.481 e. The third kappa shape index (κ3) is 7.70. The Balaban J connectivity index is 1.28. The summed E-state index contributed by atoms with van der Waals surface area (Å²) < 4.78 is 22.9. The summed E-state index contributed by atoms with van der Waals surface area (Å²) in [5, 5.41) is 13.9. The van der Waals surface area contributed by atoms with Gasteiger partial charge in [0.05, 0.1) is 28.3 Å². The second-order valence-corrected chi connectivity index (χ2v) is 15.6. The summed E-state index contributed by atoms with van der Waals surface area (Å²) >= 11 is 13.6. The van der Waals surface area contributed by atoms with E-state index in [4.69, 9.17) is 27.9 Å². The number of ketones is 1. The molecule has 1 aromatic heterocycles. The van der Waals surface area contributed by atoms with E-state index in [1.165, 1.54) is 0 Å². The van der Waals surface area contributed by atoms with Crippen molar-refractivity contribution in [3.05, 3.63) is 63.8 Å². The number of Topliss-reactive ketones (excluding diaryl/α,β-unsaturated/α-hetero) is 1. The number of hydrogen-bond donors (Lipinski definition) is 2. The van der Waals surface area contributed by atoms with Crippen LogP contribution in [0.1, 0.15) is 68.3 Å². The molecule has 1 amide bonds. The first kappa shape index (κ1) is 37.7. The van der Waals surface area contributed by atoms with E-state index in [9.17, 15) is 23.9 Å². The number of hydrogen-bond acceptors (Lipinski definition) is 7. The van der Waals surface area contributed by atoms with Crippen LogP contribution in [-0.2, 0) is 27.8 Å². The van der Waals surface area contributed by atoms with Gasteiger partial charge in [-0.2, -0.15) is 0 Å². The summed E-state index contributed by atoms with van der Waals surface area (Å²) in [6.45, 7) is 6.73. The molecule has 1 saturated carbocycles. The molecule has 2 saturated heterocycles. The molecule has 3 aromatic rings. The maximum Gasteiger partial charge on any atom is 0.306 e. The Morgan fingerprint density at radius 2 is 1.55 bits per heavy atom. The number of aromatic nitrogens is 1. The number of carbonyl (C=O) groups is 3. The van der Waals surface area contributed by atoms with Crippen LogP contribution < -0.4 is 5.32 Å². The Kier molecular flexibility index (Phi) is 11.5. The number of fused-ring (bicyclic) bond motifs is 1. The molecule has 6 rings (SSSR count). The number of para-hydroxylation sites is 1. The van der Waals surface area contributed by atoms with Gasteiger partial charge in [-0.1, -0.05) is 41.4 Å². The monoisotopic (exact) mass is 743 g/mol. The van der Waals surface area contributed by atoms with Gasteiger partial charge in [0.25, 0.3) is 5.91 Å². The van der Waals surface area contributed by atoms with E-state index in [1.54, 1.807) is 18.3 Å². The molecule has 10 nitrogen and oxygen atoms in total. The average Bonchev–Trinajstić information content (AvgIpc) is 3.78. The van der Waals surface area contributed by atoms with Gasteiger partial charge in [0.2, 0.25) is 5.85 Å². The number of anilines is 1. The van der Waals surface area contributed by atoms with Crippen molar-refractivity contribution in [2.75, 3.05) is 51.3 Å². The third-order valence-electron chi connectivity index (χ3n) is 11.0. The first-order chi connectivity index (χ1) is 24.3. The highest BCUT2D eigenvalue weighted by molar-refractivity contribution is 6.36. The Morgan fingerprint density at radius 3 is 2.20 bits per heavy atom. The number of nitrogens with zero attached hydrogens (tertiary/aromatic N) is 4. The van der Waals surface area contributed by atoms with E-state index in [0.717, 1.165) is 23.7 Å². The highest BCUT2D eigenvalue weighted by atomic mass is 35.5. The fraction of sp³-hybridized carbons (Fsp3) is 0.553. The van der Waals surface area contributed by atoms with Crippen LogP contribution in [0.3, 0.4) is 0 Å².